The molecule has 0 heterocycles. The zero-order valence-electron chi connectivity index (χ0n) is 42.2. The Morgan fingerprint density at radius 1 is 0.323 bits per heavy atom. The maximum atomic E-state index is 12.8. The number of hydrogen-bond donors (Lipinski definition) is 0. The summed E-state index contributed by atoms with van der Waals surface area (Å²) in [5.41, 5.74) is 0. The quantitative estimate of drug-likeness (QED) is 0.0262. The van der Waals surface area contributed by atoms with E-state index < -0.39 is 6.10 Å². The molecule has 6 heteroatoms. The smallest absolute Gasteiger partial charge is 0.306 e. The molecule has 65 heavy (non-hydrogen) atoms. The molecule has 0 fully saturated rings. The van der Waals surface area contributed by atoms with Crippen molar-refractivity contribution in [1.82, 2.24) is 0 Å². The monoisotopic (exact) mass is 903 g/mol. The largest absolute Gasteiger partial charge is 0.462 e. The zero-order valence-corrected chi connectivity index (χ0v) is 42.2. The van der Waals surface area contributed by atoms with Crippen LogP contribution in [0, 0.1) is 0 Å². The summed E-state index contributed by atoms with van der Waals surface area (Å²) in [7, 11) is 0. The van der Waals surface area contributed by atoms with E-state index in [1.807, 2.05) is 12.2 Å². The Morgan fingerprint density at radius 2 is 0.631 bits per heavy atom. The Labute approximate surface area is 400 Å². The minimum atomic E-state index is -0.817. The summed E-state index contributed by atoms with van der Waals surface area (Å²) in [5.74, 6) is -1.02. The molecule has 0 aromatic rings. The number of hydrogen-bond acceptors (Lipinski definition) is 6. The minimum absolute atomic E-state index is 0.110. The number of unbranched alkanes of at least 4 members (excludes halogenated alkanes) is 20. The molecule has 0 rings (SSSR count). The first-order valence-corrected chi connectivity index (χ1v) is 26.7. The van der Waals surface area contributed by atoms with Gasteiger partial charge in [0.15, 0.2) is 6.10 Å². The van der Waals surface area contributed by atoms with Gasteiger partial charge in [0.25, 0.3) is 0 Å². The SMILES string of the molecule is CC/C=C\C/C=C\C/C=C\C/C=C\CCC(=O)OCC(COC(=O)CCCCCCCCC/C=C\C/C=C\CCCCCC)OC(=O)CCCCCCC/C=C\C/C=C\CCCCCC. The van der Waals surface area contributed by atoms with Crippen LogP contribution in [0.15, 0.2) is 97.2 Å². The van der Waals surface area contributed by atoms with Crippen LogP contribution < -0.4 is 0 Å². The van der Waals surface area contributed by atoms with Crippen LogP contribution in [-0.2, 0) is 28.6 Å². The molecule has 1 unspecified atom stereocenters. The van der Waals surface area contributed by atoms with Crippen molar-refractivity contribution in [3.05, 3.63) is 97.2 Å². The second-order valence-corrected chi connectivity index (χ2v) is 17.4. The Morgan fingerprint density at radius 3 is 1.03 bits per heavy atom. The van der Waals surface area contributed by atoms with Crippen LogP contribution in [0.4, 0.5) is 0 Å². The maximum Gasteiger partial charge on any atom is 0.306 e. The lowest BCUT2D eigenvalue weighted by atomic mass is 10.1. The van der Waals surface area contributed by atoms with Crippen LogP contribution in [0.25, 0.3) is 0 Å². The van der Waals surface area contributed by atoms with Crippen molar-refractivity contribution < 1.29 is 28.6 Å². The standard InChI is InChI=1S/C59H98O6/c1-4-7-10-13-16-19-22-25-27-29-30-32-34-37-40-43-46-49-52-58(61)64-55-56(54-63-57(60)51-48-45-42-39-36-33-24-21-18-15-12-9-6-3)65-59(62)53-50-47-44-41-38-35-31-28-26-23-20-17-14-11-8-5-2/h9,12,18-23,27-29,31,33,36,42,45,56H,4-8,10-11,13-17,24-26,30,32,34-35,37-41,43-44,46-55H2,1-3H3/b12-9-,21-18-,22-19-,23-20-,29-27-,31-28-,36-33-,45-42-. The van der Waals surface area contributed by atoms with E-state index in [0.717, 1.165) is 103 Å². The molecule has 0 aromatic heterocycles. The fourth-order valence-electron chi connectivity index (χ4n) is 7.04. The normalized spacial score (nSPS) is 12.8. The molecule has 1 atom stereocenters. The molecule has 6 nitrogen and oxygen atoms in total. The van der Waals surface area contributed by atoms with Gasteiger partial charge >= 0.3 is 17.9 Å². The van der Waals surface area contributed by atoms with Crippen molar-refractivity contribution in [3.63, 3.8) is 0 Å². The van der Waals surface area contributed by atoms with Gasteiger partial charge in [-0.1, -0.05) is 208 Å². The molecule has 0 aliphatic heterocycles. The molecule has 0 saturated carbocycles. The molecular formula is C59H98O6. The van der Waals surface area contributed by atoms with Gasteiger partial charge in [-0.25, -0.2) is 0 Å². The maximum absolute atomic E-state index is 12.8. The summed E-state index contributed by atoms with van der Waals surface area (Å²) >= 11 is 0. The molecule has 0 amide bonds. The molecule has 370 valence electrons. The first-order valence-electron chi connectivity index (χ1n) is 26.7. The molecule has 0 bridgehead atoms. The molecule has 0 N–H and O–H groups in total. The Bertz CT molecular complexity index is 1310. The van der Waals surface area contributed by atoms with Gasteiger partial charge in [0.1, 0.15) is 13.2 Å². The predicted octanol–water partition coefficient (Wildman–Crippen LogP) is 17.8. The van der Waals surface area contributed by atoms with Crippen molar-refractivity contribution in [2.75, 3.05) is 13.2 Å². The van der Waals surface area contributed by atoms with Crippen LogP contribution in [0.5, 0.6) is 0 Å². The average Bonchev–Trinajstić information content (AvgIpc) is 3.30. The highest BCUT2D eigenvalue weighted by molar-refractivity contribution is 5.71. The molecule has 0 radical (unpaired) electrons. The Hall–Kier alpha value is -3.67. The van der Waals surface area contributed by atoms with Crippen molar-refractivity contribution in [3.8, 4) is 0 Å². The predicted molar refractivity (Wildman–Crippen MR) is 279 cm³/mol. The van der Waals surface area contributed by atoms with Gasteiger partial charge in [-0.15, -0.1) is 0 Å². The van der Waals surface area contributed by atoms with Gasteiger partial charge in [-0.05, 0) is 109 Å². The van der Waals surface area contributed by atoms with Crippen LogP contribution in [0.1, 0.15) is 239 Å². The summed E-state index contributed by atoms with van der Waals surface area (Å²) in [5, 5.41) is 0. The lowest BCUT2D eigenvalue weighted by Crippen LogP contribution is -2.30. The fraction of sp³-hybridized carbons (Fsp3) is 0.678. The Kier molecular flexibility index (Phi) is 50.0. The third-order valence-corrected chi connectivity index (χ3v) is 11.1. The summed E-state index contributed by atoms with van der Waals surface area (Å²) < 4.78 is 16.7. The summed E-state index contributed by atoms with van der Waals surface area (Å²) in [6.45, 7) is 6.40. The molecule has 0 aromatic carbocycles. The van der Waals surface area contributed by atoms with Gasteiger partial charge in [0.2, 0.25) is 0 Å². The van der Waals surface area contributed by atoms with Crippen molar-refractivity contribution in [2.24, 2.45) is 0 Å². The molecule has 0 aliphatic carbocycles. The van der Waals surface area contributed by atoms with Crippen molar-refractivity contribution in [2.45, 2.75) is 245 Å². The van der Waals surface area contributed by atoms with E-state index in [1.165, 1.54) is 89.9 Å². The molecule has 0 saturated heterocycles. The van der Waals surface area contributed by atoms with Crippen LogP contribution in [-0.4, -0.2) is 37.2 Å². The van der Waals surface area contributed by atoms with E-state index in [-0.39, 0.29) is 37.5 Å². The molecule has 0 aliphatic rings. The van der Waals surface area contributed by atoms with Crippen LogP contribution >= 0.6 is 0 Å². The van der Waals surface area contributed by atoms with Gasteiger partial charge in [-0.3, -0.25) is 14.4 Å². The van der Waals surface area contributed by atoms with Crippen LogP contribution in [0.2, 0.25) is 0 Å². The fourth-order valence-corrected chi connectivity index (χ4v) is 7.04. The topological polar surface area (TPSA) is 78.9 Å². The second-order valence-electron chi connectivity index (χ2n) is 17.4. The first-order chi connectivity index (χ1) is 32.0. The zero-order chi connectivity index (χ0) is 47.2. The Balaban J connectivity index is 4.49. The number of allylic oxidation sites excluding steroid dienone is 16. The lowest BCUT2D eigenvalue weighted by molar-refractivity contribution is -0.166. The summed E-state index contributed by atoms with van der Waals surface area (Å²) in [6.07, 6.45) is 69.7. The highest BCUT2D eigenvalue weighted by Gasteiger charge is 2.19. The number of ether oxygens (including phenoxy) is 3. The van der Waals surface area contributed by atoms with E-state index >= 15 is 0 Å². The van der Waals surface area contributed by atoms with E-state index in [9.17, 15) is 14.4 Å². The van der Waals surface area contributed by atoms with Gasteiger partial charge in [0.05, 0.1) is 0 Å². The van der Waals surface area contributed by atoms with Gasteiger partial charge in [-0.2, -0.15) is 0 Å². The highest BCUT2D eigenvalue weighted by atomic mass is 16.6. The number of carbonyl (C=O) groups is 3. The van der Waals surface area contributed by atoms with Crippen molar-refractivity contribution >= 4 is 17.9 Å². The summed E-state index contributed by atoms with van der Waals surface area (Å²) in [4.78, 5) is 38.0. The van der Waals surface area contributed by atoms with Gasteiger partial charge in [0, 0.05) is 19.3 Å². The van der Waals surface area contributed by atoms with Crippen LogP contribution in [0.3, 0.4) is 0 Å². The molecule has 0 spiro atoms. The number of esters is 3. The van der Waals surface area contributed by atoms with Gasteiger partial charge < -0.3 is 14.2 Å². The minimum Gasteiger partial charge on any atom is -0.462 e. The van der Waals surface area contributed by atoms with Crippen molar-refractivity contribution in [1.29, 1.82) is 0 Å². The highest BCUT2D eigenvalue weighted by Crippen LogP contribution is 2.13. The lowest BCUT2D eigenvalue weighted by Gasteiger charge is -2.18. The second kappa shape index (κ2) is 52.9. The van der Waals surface area contributed by atoms with E-state index in [4.69, 9.17) is 14.2 Å². The van der Waals surface area contributed by atoms with E-state index in [2.05, 4.69) is 106 Å². The third-order valence-electron chi connectivity index (χ3n) is 11.1. The summed E-state index contributed by atoms with van der Waals surface area (Å²) in [6, 6.07) is 0. The first kappa shape index (κ1) is 61.3. The number of rotatable bonds is 47. The molecular weight excluding hydrogens is 805 g/mol. The third kappa shape index (κ3) is 51.2. The average molecular weight is 903 g/mol. The van der Waals surface area contributed by atoms with E-state index in [1.54, 1.807) is 0 Å². The number of carbonyl (C=O) groups excluding carboxylic acids is 3. The van der Waals surface area contributed by atoms with E-state index in [0.29, 0.717) is 19.3 Å².